The molecule has 4 N–H and O–H groups in total. The molecule has 0 spiro atoms. The number of benzene rings is 2. The first-order valence-electron chi connectivity index (χ1n) is 8.08. The minimum atomic E-state index is -3.20. The van der Waals surface area contributed by atoms with Crippen LogP contribution in [0.2, 0.25) is 0 Å². The van der Waals surface area contributed by atoms with Crippen molar-refractivity contribution in [2.45, 2.75) is 24.2 Å². The Balaban J connectivity index is 2.05. The number of hydrogen-bond acceptors (Lipinski definition) is 5. The molecule has 2 atom stereocenters. The molecule has 1 aliphatic rings. The Morgan fingerprint density at radius 2 is 1.79 bits per heavy atom. The fourth-order valence-electron chi connectivity index (χ4n) is 3.17. The summed E-state index contributed by atoms with van der Waals surface area (Å²) in [5.41, 5.74) is 2.53. The van der Waals surface area contributed by atoms with Crippen LogP contribution in [0.15, 0.2) is 54.6 Å². The number of aliphatic hydroxyl groups is 1. The van der Waals surface area contributed by atoms with Crippen LogP contribution in [0.25, 0.3) is 0 Å². The van der Waals surface area contributed by atoms with Crippen molar-refractivity contribution >= 4 is 22.2 Å². The van der Waals surface area contributed by atoms with Gasteiger partial charge in [0.25, 0.3) is 0 Å². The van der Waals surface area contributed by atoms with Gasteiger partial charge in [-0.2, -0.15) is 0 Å². The van der Waals surface area contributed by atoms with Crippen molar-refractivity contribution in [1.82, 2.24) is 5.32 Å². The summed E-state index contributed by atoms with van der Waals surface area (Å²) in [5.74, 6) is 0. The van der Waals surface area contributed by atoms with E-state index in [-0.39, 0.29) is 0 Å². The van der Waals surface area contributed by atoms with Gasteiger partial charge in [-0.15, -0.1) is 10.8 Å². The molecule has 2 aromatic rings. The van der Waals surface area contributed by atoms with Crippen LogP contribution < -0.4 is 9.62 Å². The van der Waals surface area contributed by atoms with E-state index in [1.54, 1.807) is 4.31 Å². The molecule has 0 unspecified atom stereocenters. The normalized spacial score (nSPS) is 21.8. The number of rotatable bonds is 5. The van der Waals surface area contributed by atoms with Gasteiger partial charge in [-0.25, -0.2) is 4.31 Å². The Bertz CT molecular complexity index is 681. The summed E-state index contributed by atoms with van der Waals surface area (Å²) >= 11 is 0. The van der Waals surface area contributed by atoms with Crippen molar-refractivity contribution in [3.05, 3.63) is 60.2 Å². The predicted molar refractivity (Wildman–Crippen MR) is 99.9 cm³/mol. The second-order valence-corrected chi connectivity index (χ2v) is 8.11. The Kier molecular flexibility index (Phi) is 5.12. The third-order valence-electron chi connectivity index (χ3n) is 4.42. The first-order valence-corrected chi connectivity index (χ1v) is 9.65. The van der Waals surface area contributed by atoms with Crippen molar-refractivity contribution in [3.63, 3.8) is 0 Å². The molecule has 1 aliphatic heterocycles. The lowest BCUT2D eigenvalue weighted by Gasteiger charge is -2.54. The highest BCUT2D eigenvalue weighted by molar-refractivity contribution is 8.26. The molecule has 0 aliphatic carbocycles. The highest BCUT2D eigenvalue weighted by Gasteiger charge is 2.42. The number of aliphatic hydroxyl groups excluding tert-OH is 1. The fraction of sp³-hybridized carbons (Fsp3) is 0.333. The maximum atomic E-state index is 11.0. The van der Waals surface area contributed by atoms with E-state index in [1.165, 1.54) is 0 Å². The van der Waals surface area contributed by atoms with Gasteiger partial charge >= 0.3 is 0 Å². The van der Waals surface area contributed by atoms with Gasteiger partial charge < -0.3 is 10.4 Å². The second-order valence-electron chi connectivity index (χ2n) is 6.02. The maximum Gasteiger partial charge on any atom is 0.0992 e. The van der Waals surface area contributed by atoms with Gasteiger partial charge in [0.05, 0.1) is 22.7 Å². The zero-order chi connectivity index (χ0) is 17.2. The van der Waals surface area contributed by atoms with E-state index in [0.717, 1.165) is 16.9 Å². The molecular formula is C18H24N2O3S. The van der Waals surface area contributed by atoms with Crippen LogP contribution in [0.3, 0.4) is 0 Å². The predicted octanol–water partition coefficient (Wildman–Crippen LogP) is 3.39. The average Bonchev–Trinajstić information content (AvgIpc) is 2.59. The molecule has 5 nitrogen and oxygen atoms in total. The van der Waals surface area contributed by atoms with Crippen LogP contribution in [0.4, 0.5) is 11.4 Å². The Morgan fingerprint density at radius 3 is 2.50 bits per heavy atom. The Hall–Kier alpha value is -1.57. The third kappa shape index (κ3) is 3.16. The molecular weight excluding hydrogens is 324 g/mol. The van der Waals surface area contributed by atoms with Crippen LogP contribution in [-0.2, 0) is 6.42 Å². The molecule has 0 bridgehead atoms. The van der Waals surface area contributed by atoms with E-state index in [1.807, 2.05) is 61.6 Å². The largest absolute Gasteiger partial charge is 0.391 e. The summed E-state index contributed by atoms with van der Waals surface area (Å²) in [7, 11) is -1.39. The lowest BCUT2D eigenvalue weighted by molar-refractivity contribution is 0.153. The smallest absolute Gasteiger partial charge is 0.0992 e. The van der Waals surface area contributed by atoms with Crippen LogP contribution in [-0.4, -0.2) is 39.2 Å². The van der Waals surface area contributed by atoms with E-state index in [2.05, 4.69) is 5.32 Å². The number of hydrogen-bond donors (Lipinski definition) is 4. The van der Waals surface area contributed by atoms with Crippen molar-refractivity contribution in [2.24, 2.45) is 0 Å². The zero-order valence-corrected chi connectivity index (χ0v) is 14.5. The molecule has 2 aromatic carbocycles. The summed E-state index contributed by atoms with van der Waals surface area (Å²) < 4.78 is 23.7. The third-order valence-corrected chi connectivity index (χ3v) is 6.65. The molecule has 1 heterocycles. The van der Waals surface area contributed by atoms with Gasteiger partial charge in [-0.3, -0.25) is 9.11 Å². The Labute approximate surface area is 144 Å². The molecule has 3 rings (SSSR count). The number of fused-ring (bicyclic) bond motifs is 1. The van der Waals surface area contributed by atoms with Gasteiger partial charge in [-0.05, 0) is 50.2 Å². The first kappa shape index (κ1) is 17.3. The molecule has 24 heavy (non-hydrogen) atoms. The van der Waals surface area contributed by atoms with Gasteiger partial charge in [0.1, 0.15) is 0 Å². The number of nitrogens with one attached hydrogen (secondary N) is 1. The molecule has 0 radical (unpaired) electrons. The van der Waals surface area contributed by atoms with Crippen LogP contribution in [0.1, 0.15) is 12.0 Å². The Morgan fingerprint density at radius 1 is 1.12 bits per heavy atom. The molecule has 6 heteroatoms. The van der Waals surface area contributed by atoms with Crippen LogP contribution in [0, 0.1) is 0 Å². The van der Waals surface area contributed by atoms with Crippen molar-refractivity contribution in [1.29, 1.82) is 0 Å². The zero-order valence-electron chi connectivity index (χ0n) is 13.7. The van der Waals surface area contributed by atoms with Crippen LogP contribution >= 0.6 is 10.8 Å². The van der Waals surface area contributed by atoms with E-state index < -0.39 is 22.1 Å². The summed E-state index contributed by atoms with van der Waals surface area (Å²) in [6.45, 7) is 0.625. The number of anilines is 2. The molecule has 0 saturated heterocycles. The van der Waals surface area contributed by atoms with Crippen molar-refractivity contribution in [2.75, 3.05) is 17.9 Å². The monoisotopic (exact) mass is 348 g/mol. The van der Waals surface area contributed by atoms with Gasteiger partial charge in [0.2, 0.25) is 0 Å². The minimum Gasteiger partial charge on any atom is -0.391 e. The summed E-state index contributed by atoms with van der Waals surface area (Å²) in [6, 6.07) is 17.1. The van der Waals surface area contributed by atoms with E-state index in [4.69, 9.17) is 0 Å². The van der Waals surface area contributed by atoms with Gasteiger partial charge in [0.15, 0.2) is 0 Å². The summed E-state index contributed by atoms with van der Waals surface area (Å²) in [4.78, 5) is 0. The highest BCUT2D eigenvalue weighted by Crippen LogP contribution is 2.60. The molecule has 0 aromatic heterocycles. The lowest BCUT2D eigenvalue weighted by Crippen LogP contribution is -2.44. The first-order chi connectivity index (χ1) is 11.6. The van der Waals surface area contributed by atoms with Crippen molar-refractivity contribution < 1.29 is 14.2 Å². The summed E-state index contributed by atoms with van der Waals surface area (Å²) in [6.07, 6.45) is 0.135. The minimum absolute atomic E-state index is 0.451. The molecule has 130 valence electrons. The SMILES string of the molecule is CNCC[C@@H](O)[C@H]1Cc2ccccc2N(c2ccccc2)S1(O)O. The fourth-order valence-corrected chi connectivity index (χ4v) is 5.30. The number of nitrogens with zero attached hydrogens (tertiary/aromatic N) is 1. The van der Waals surface area contributed by atoms with E-state index in [0.29, 0.717) is 19.4 Å². The van der Waals surface area contributed by atoms with E-state index in [9.17, 15) is 14.2 Å². The second kappa shape index (κ2) is 7.13. The van der Waals surface area contributed by atoms with Crippen LogP contribution in [0.5, 0.6) is 0 Å². The molecule has 0 saturated carbocycles. The standard InChI is InChI=1S/C18H24N2O3S/c1-19-12-11-17(21)18-13-14-7-5-6-10-16(14)20(24(18,22)23)15-8-3-2-4-9-15/h2-10,17-19,21-23H,11-13H2,1H3/t17-,18-/m1/s1. The quantitative estimate of drug-likeness (QED) is 0.666. The molecule has 0 amide bonds. The maximum absolute atomic E-state index is 11.0. The lowest BCUT2D eigenvalue weighted by atomic mass is 10.0. The average molecular weight is 348 g/mol. The highest BCUT2D eigenvalue weighted by atomic mass is 32.3. The van der Waals surface area contributed by atoms with Crippen molar-refractivity contribution in [3.8, 4) is 0 Å². The van der Waals surface area contributed by atoms with E-state index >= 15 is 0 Å². The number of para-hydroxylation sites is 2. The summed E-state index contributed by atoms with van der Waals surface area (Å²) in [5, 5.41) is 12.9. The van der Waals surface area contributed by atoms with Gasteiger partial charge in [-0.1, -0.05) is 36.4 Å². The van der Waals surface area contributed by atoms with Gasteiger partial charge in [0, 0.05) is 0 Å². The molecule has 0 fully saturated rings. The topological polar surface area (TPSA) is 76.0 Å².